The van der Waals surface area contributed by atoms with Crippen LogP contribution < -0.4 is 0 Å². The highest BCUT2D eigenvalue weighted by molar-refractivity contribution is 5.86. The summed E-state index contributed by atoms with van der Waals surface area (Å²) in [6.45, 7) is 4.54. The summed E-state index contributed by atoms with van der Waals surface area (Å²) in [5, 5.41) is 0. The Morgan fingerprint density at radius 2 is 1.92 bits per heavy atom. The molecule has 2 fully saturated rings. The fourth-order valence-electron chi connectivity index (χ4n) is 6.13. The third-order valence-electron chi connectivity index (χ3n) is 6.80. The van der Waals surface area contributed by atoms with Crippen LogP contribution in [0.25, 0.3) is 0 Å². The SMILES string of the molecule is CCOC(=O)[C@@H]1[C@@H]2c3cccc4c3[C@@]3(CC4)[C@@H]([C@@H]12)[C@H]3C(=O)OCC. The van der Waals surface area contributed by atoms with E-state index in [2.05, 4.69) is 18.2 Å². The molecule has 0 aliphatic heterocycles. The summed E-state index contributed by atoms with van der Waals surface area (Å²) in [7, 11) is 0. The van der Waals surface area contributed by atoms with Gasteiger partial charge < -0.3 is 9.47 Å². The molecule has 0 aromatic heterocycles. The van der Waals surface area contributed by atoms with Crippen LogP contribution in [0, 0.1) is 23.7 Å². The van der Waals surface area contributed by atoms with Gasteiger partial charge in [0.2, 0.25) is 0 Å². The average Bonchev–Trinajstić information content (AvgIpc) is 3.40. The van der Waals surface area contributed by atoms with Crippen molar-refractivity contribution < 1.29 is 19.1 Å². The second kappa shape index (κ2) is 4.62. The minimum absolute atomic E-state index is 0.0550. The lowest BCUT2D eigenvalue weighted by molar-refractivity contribution is -0.147. The van der Waals surface area contributed by atoms with E-state index in [1.54, 1.807) is 0 Å². The van der Waals surface area contributed by atoms with Crippen molar-refractivity contribution in [1.29, 1.82) is 0 Å². The zero-order valence-electron chi connectivity index (χ0n) is 14.1. The molecule has 2 saturated carbocycles. The lowest BCUT2D eigenvalue weighted by Crippen LogP contribution is -2.17. The van der Waals surface area contributed by atoms with E-state index in [-0.39, 0.29) is 46.9 Å². The van der Waals surface area contributed by atoms with Crippen LogP contribution in [0.1, 0.15) is 42.9 Å². The molecule has 0 unspecified atom stereocenters. The first-order chi connectivity index (χ1) is 11.7. The highest BCUT2D eigenvalue weighted by atomic mass is 16.5. The molecule has 4 aliphatic rings. The van der Waals surface area contributed by atoms with E-state index in [1.807, 2.05) is 13.8 Å². The van der Waals surface area contributed by atoms with Gasteiger partial charge in [-0.1, -0.05) is 18.2 Å². The van der Waals surface area contributed by atoms with Gasteiger partial charge in [0.15, 0.2) is 0 Å². The van der Waals surface area contributed by atoms with E-state index in [0.29, 0.717) is 13.2 Å². The number of rotatable bonds is 4. The summed E-state index contributed by atoms with van der Waals surface area (Å²) < 4.78 is 10.7. The van der Waals surface area contributed by atoms with Gasteiger partial charge in [0, 0.05) is 11.3 Å². The molecule has 0 N–H and O–H groups in total. The Kier molecular flexibility index (Phi) is 2.79. The molecule has 4 aliphatic carbocycles. The van der Waals surface area contributed by atoms with Crippen molar-refractivity contribution in [3.8, 4) is 0 Å². The van der Waals surface area contributed by atoms with Gasteiger partial charge in [-0.15, -0.1) is 0 Å². The first kappa shape index (κ1) is 14.5. The maximum Gasteiger partial charge on any atom is 0.310 e. The summed E-state index contributed by atoms with van der Waals surface area (Å²) >= 11 is 0. The summed E-state index contributed by atoms with van der Waals surface area (Å²) in [5.41, 5.74) is 4.00. The van der Waals surface area contributed by atoms with Gasteiger partial charge in [-0.05, 0) is 55.2 Å². The number of hydrogen-bond acceptors (Lipinski definition) is 4. The lowest BCUT2D eigenvalue weighted by atomic mass is 9.83. The van der Waals surface area contributed by atoms with Crippen LogP contribution in [0.2, 0.25) is 0 Å². The molecule has 24 heavy (non-hydrogen) atoms. The molecule has 126 valence electrons. The minimum Gasteiger partial charge on any atom is -0.466 e. The largest absolute Gasteiger partial charge is 0.466 e. The Hall–Kier alpha value is -1.84. The maximum atomic E-state index is 12.6. The van der Waals surface area contributed by atoms with Crippen LogP contribution >= 0.6 is 0 Å². The molecule has 0 saturated heterocycles. The molecule has 1 aromatic rings. The third kappa shape index (κ3) is 1.50. The monoisotopic (exact) mass is 326 g/mol. The fraction of sp³-hybridized carbons (Fsp3) is 0.600. The van der Waals surface area contributed by atoms with Gasteiger partial charge in [0.05, 0.1) is 25.0 Å². The standard InChI is InChI=1S/C20H22O4/c1-3-23-18(21)14-12-11-7-5-6-10-8-9-20(15(10)11)16(13(12)14)17(20)19(22)24-4-2/h5-7,12-14,16-17H,3-4,8-9H2,1-2H3/t12-,13-,14-,16+,17+,20+/m1/s1. The van der Waals surface area contributed by atoms with Crippen molar-refractivity contribution in [1.82, 2.24) is 0 Å². The molecule has 0 radical (unpaired) electrons. The first-order valence-corrected chi connectivity index (χ1v) is 9.12. The Balaban J connectivity index is 1.59. The molecule has 1 spiro atoms. The molecule has 6 atom stereocenters. The molecule has 0 heterocycles. The zero-order valence-corrected chi connectivity index (χ0v) is 14.1. The number of hydrogen-bond donors (Lipinski definition) is 0. The fourth-order valence-corrected chi connectivity index (χ4v) is 6.13. The summed E-state index contributed by atoms with van der Waals surface area (Å²) in [4.78, 5) is 25.0. The number of benzene rings is 1. The van der Waals surface area contributed by atoms with Crippen LogP contribution in [-0.2, 0) is 30.9 Å². The van der Waals surface area contributed by atoms with E-state index in [9.17, 15) is 9.59 Å². The molecule has 0 amide bonds. The van der Waals surface area contributed by atoms with Crippen LogP contribution in [0.15, 0.2) is 18.2 Å². The van der Waals surface area contributed by atoms with Gasteiger partial charge in [-0.25, -0.2) is 0 Å². The van der Waals surface area contributed by atoms with Crippen molar-refractivity contribution in [2.24, 2.45) is 23.7 Å². The minimum atomic E-state index is -0.0882. The maximum absolute atomic E-state index is 12.6. The quantitative estimate of drug-likeness (QED) is 0.798. The molecule has 4 nitrogen and oxygen atoms in total. The topological polar surface area (TPSA) is 52.6 Å². The Labute approximate surface area is 141 Å². The van der Waals surface area contributed by atoms with Crippen LogP contribution in [0.3, 0.4) is 0 Å². The van der Waals surface area contributed by atoms with E-state index < -0.39 is 0 Å². The van der Waals surface area contributed by atoms with E-state index >= 15 is 0 Å². The summed E-state index contributed by atoms with van der Waals surface area (Å²) in [5.74, 6) is 0.494. The van der Waals surface area contributed by atoms with E-state index in [0.717, 1.165) is 12.8 Å². The molecular weight excluding hydrogens is 304 g/mol. The lowest BCUT2D eigenvalue weighted by Gasteiger charge is -2.20. The van der Waals surface area contributed by atoms with Crippen molar-refractivity contribution in [2.75, 3.05) is 13.2 Å². The smallest absolute Gasteiger partial charge is 0.310 e. The molecule has 1 aromatic carbocycles. The van der Waals surface area contributed by atoms with Gasteiger partial charge in [0.25, 0.3) is 0 Å². The Morgan fingerprint density at radius 1 is 1.17 bits per heavy atom. The zero-order chi connectivity index (χ0) is 16.6. The molecule has 4 heteroatoms. The van der Waals surface area contributed by atoms with Crippen molar-refractivity contribution in [3.63, 3.8) is 0 Å². The number of ether oxygens (including phenoxy) is 2. The molecule has 0 bridgehead atoms. The molecule has 5 rings (SSSR count). The van der Waals surface area contributed by atoms with Gasteiger partial charge in [-0.3, -0.25) is 9.59 Å². The van der Waals surface area contributed by atoms with Crippen LogP contribution in [0.5, 0.6) is 0 Å². The number of carbonyl (C=O) groups is 2. The van der Waals surface area contributed by atoms with Crippen LogP contribution in [-0.4, -0.2) is 25.2 Å². The number of carbonyl (C=O) groups excluding carboxylic acids is 2. The van der Waals surface area contributed by atoms with Gasteiger partial charge in [0.1, 0.15) is 0 Å². The highest BCUT2D eigenvalue weighted by Gasteiger charge is 2.83. The predicted molar refractivity (Wildman–Crippen MR) is 86.4 cm³/mol. The first-order valence-electron chi connectivity index (χ1n) is 9.12. The highest BCUT2D eigenvalue weighted by Crippen LogP contribution is 2.82. The third-order valence-corrected chi connectivity index (χ3v) is 6.80. The average molecular weight is 326 g/mol. The second-order valence-corrected chi connectivity index (χ2v) is 7.56. The predicted octanol–water partition coefficient (Wildman–Crippen LogP) is 2.59. The number of fused-ring (bicyclic) bond motifs is 3. The van der Waals surface area contributed by atoms with Crippen LogP contribution in [0.4, 0.5) is 0 Å². The Bertz CT molecular complexity index is 754. The number of esters is 2. The normalized spacial score (nSPS) is 39.3. The molecular formula is C20H22O4. The Morgan fingerprint density at radius 3 is 2.67 bits per heavy atom. The van der Waals surface area contributed by atoms with Crippen molar-refractivity contribution in [2.45, 2.75) is 38.0 Å². The van der Waals surface area contributed by atoms with Crippen molar-refractivity contribution >= 4 is 11.9 Å². The second-order valence-electron chi connectivity index (χ2n) is 7.56. The van der Waals surface area contributed by atoms with Gasteiger partial charge in [-0.2, -0.15) is 0 Å². The van der Waals surface area contributed by atoms with Gasteiger partial charge >= 0.3 is 11.9 Å². The summed E-state index contributed by atoms with van der Waals surface area (Å²) in [6.07, 6.45) is 2.06. The van der Waals surface area contributed by atoms with E-state index in [1.165, 1.54) is 16.7 Å². The van der Waals surface area contributed by atoms with Crippen molar-refractivity contribution in [3.05, 3.63) is 34.9 Å². The van der Waals surface area contributed by atoms with E-state index in [4.69, 9.17) is 9.47 Å². The summed E-state index contributed by atoms with van der Waals surface area (Å²) in [6, 6.07) is 6.46. The number of aryl methyl sites for hydroxylation is 1.